The molecule has 1 unspecified atom stereocenters. The van der Waals surface area contributed by atoms with Gasteiger partial charge in [-0.05, 0) is 31.7 Å². The average Bonchev–Trinajstić information content (AvgIpc) is 2.71. The normalized spacial score (nSPS) is 16.2. The van der Waals surface area contributed by atoms with Gasteiger partial charge in [0.1, 0.15) is 0 Å². The maximum Gasteiger partial charge on any atom is 0.288 e. The number of nitrogens with zero attached hydrogens (tertiary/aromatic N) is 3. The molecule has 7 nitrogen and oxygen atoms in total. The minimum atomic E-state index is -0.242. The van der Waals surface area contributed by atoms with E-state index < -0.39 is 0 Å². The second-order valence-corrected chi connectivity index (χ2v) is 7.22. The van der Waals surface area contributed by atoms with E-state index in [1.165, 1.54) is 17.3 Å². The first kappa shape index (κ1) is 23.7. The first-order valence-electron chi connectivity index (χ1n) is 9.65. The summed E-state index contributed by atoms with van der Waals surface area (Å²) in [6.07, 6.45) is 5.40. The van der Waals surface area contributed by atoms with Crippen LogP contribution in [-0.2, 0) is 52.8 Å². The molecule has 1 fully saturated rings. The number of urea groups is 1. The first-order chi connectivity index (χ1) is 13.5. The van der Waals surface area contributed by atoms with E-state index in [2.05, 4.69) is 17.3 Å². The smallest absolute Gasteiger partial charge is 0.288 e. The molecule has 2 heterocycles. The number of aryl methyl sites for hydroxylation is 1. The van der Waals surface area contributed by atoms with Crippen LogP contribution in [0.1, 0.15) is 37.3 Å². The molecule has 1 saturated heterocycles. The van der Waals surface area contributed by atoms with Crippen LogP contribution in [0.15, 0.2) is 35.3 Å². The molecular weight excluding hydrogens is 445 g/mol. The predicted molar refractivity (Wildman–Crippen MR) is 107 cm³/mol. The van der Waals surface area contributed by atoms with Crippen LogP contribution in [-0.4, -0.2) is 38.4 Å². The number of nitrogens with one attached hydrogen (secondary N) is 1. The van der Waals surface area contributed by atoms with E-state index in [0.717, 1.165) is 30.5 Å². The second-order valence-electron chi connectivity index (χ2n) is 7.22. The number of carbonyl (C=O) groups excluding carboxylic acids is 1. The zero-order valence-electron chi connectivity index (χ0n) is 17.0. The molecule has 1 aromatic carbocycles. The fourth-order valence-corrected chi connectivity index (χ4v) is 3.55. The van der Waals surface area contributed by atoms with Crippen molar-refractivity contribution in [3.63, 3.8) is 0 Å². The summed E-state index contributed by atoms with van der Waals surface area (Å²) in [4.78, 5) is 26.6. The topological polar surface area (TPSA) is 87.5 Å². The minimum Gasteiger partial charge on any atom is -0.487 e. The number of rotatable bonds is 5. The van der Waals surface area contributed by atoms with Crippen LogP contribution in [0, 0.1) is 6.54 Å². The zero-order valence-corrected chi connectivity index (χ0v) is 19.8. The summed E-state index contributed by atoms with van der Waals surface area (Å²) in [5, 5.41) is 16.3. The van der Waals surface area contributed by atoms with Crippen LogP contribution >= 0.6 is 0 Å². The molecule has 0 saturated carbocycles. The van der Waals surface area contributed by atoms with Crippen molar-refractivity contribution in [1.82, 2.24) is 20.0 Å². The van der Waals surface area contributed by atoms with Crippen LogP contribution in [0.25, 0.3) is 11.1 Å². The number of hydrogen-bond donors (Lipinski definition) is 2. The third kappa shape index (κ3) is 5.74. The van der Waals surface area contributed by atoms with E-state index >= 15 is 0 Å². The molecule has 1 aromatic heterocycles. The van der Waals surface area contributed by atoms with Gasteiger partial charge < -0.3 is 15.3 Å². The SMILES string of the molecule is CC1CCCCN1C(=O)N[CH-]Cc1ccc(-c2c(CO)cnn(C)c2=O)cc1.[Y]. The summed E-state index contributed by atoms with van der Waals surface area (Å²) in [6.45, 7) is 4.42. The van der Waals surface area contributed by atoms with Crippen LogP contribution < -0.4 is 10.9 Å². The predicted octanol–water partition coefficient (Wildman–Crippen LogP) is 2.23. The van der Waals surface area contributed by atoms with E-state index in [1.807, 2.05) is 29.2 Å². The van der Waals surface area contributed by atoms with Crippen LogP contribution in [0.5, 0.6) is 0 Å². The Bertz CT molecular complexity index is 882. The van der Waals surface area contributed by atoms with E-state index in [1.54, 1.807) is 13.6 Å². The Morgan fingerprint density at radius 1 is 1.31 bits per heavy atom. The van der Waals surface area contributed by atoms with E-state index in [-0.39, 0.29) is 56.9 Å². The van der Waals surface area contributed by atoms with Gasteiger partial charge in [0.05, 0.1) is 18.4 Å². The fraction of sp³-hybridized carbons (Fsp3) is 0.429. The van der Waals surface area contributed by atoms with Crippen molar-refractivity contribution in [3.05, 3.63) is 58.5 Å². The van der Waals surface area contributed by atoms with Gasteiger partial charge in [-0.25, -0.2) is 11.2 Å². The number of hydrogen-bond acceptors (Lipinski definition) is 4. The van der Waals surface area contributed by atoms with Crippen molar-refractivity contribution in [2.24, 2.45) is 7.05 Å². The molecule has 1 radical (unpaired) electrons. The Hall–Kier alpha value is -1.57. The van der Waals surface area contributed by atoms with Crippen molar-refractivity contribution in [3.8, 4) is 11.1 Å². The van der Waals surface area contributed by atoms with Gasteiger partial charge in [-0.2, -0.15) is 5.10 Å². The van der Waals surface area contributed by atoms with Gasteiger partial charge in [-0.15, -0.1) is 6.42 Å². The van der Waals surface area contributed by atoms with Gasteiger partial charge in [0.2, 0.25) is 0 Å². The van der Waals surface area contributed by atoms with Gasteiger partial charge >= 0.3 is 0 Å². The molecule has 3 rings (SSSR count). The summed E-state index contributed by atoms with van der Waals surface area (Å²) in [5.41, 5.74) is 2.48. The third-order valence-electron chi connectivity index (χ3n) is 5.26. The number of likely N-dealkylation sites (tertiary alicyclic amines) is 1. The molecule has 2 N–H and O–H groups in total. The van der Waals surface area contributed by atoms with Gasteiger partial charge in [-0.1, -0.05) is 29.8 Å². The molecule has 2 aromatic rings. The number of benzene rings is 1. The van der Waals surface area contributed by atoms with E-state index in [4.69, 9.17) is 0 Å². The maximum absolute atomic E-state index is 12.4. The zero-order chi connectivity index (χ0) is 20.1. The molecule has 153 valence electrons. The molecule has 1 aliphatic rings. The second kappa shape index (κ2) is 11.0. The van der Waals surface area contributed by atoms with Crippen molar-refractivity contribution < 1.29 is 42.6 Å². The first-order valence-corrected chi connectivity index (χ1v) is 9.65. The number of piperidine rings is 1. The average molecular weight is 472 g/mol. The van der Waals surface area contributed by atoms with Crippen LogP contribution in [0.3, 0.4) is 0 Å². The standard InChI is InChI=1S/C21H27N4O3.Y/c1-15-5-3-4-12-25(15)21(28)22-11-10-16-6-8-17(9-7-16)19-18(14-26)13-23-24(2)20(19)27;/h6-9,11,13,15,26H,3-5,10,12,14H2,1-2H3,(H,22,28);/q-1;. The largest absolute Gasteiger partial charge is 0.487 e. The van der Waals surface area contributed by atoms with E-state index in [9.17, 15) is 14.7 Å². The number of aliphatic hydroxyl groups excluding tert-OH is 1. The van der Waals surface area contributed by atoms with Crippen LogP contribution in [0.4, 0.5) is 4.79 Å². The Morgan fingerprint density at radius 3 is 2.69 bits per heavy atom. The molecule has 0 spiro atoms. The van der Waals surface area contributed by atoms with Crippen molar-refractivity contribution in [1.29, 1.82) is 0 Å². The summed E-state index contributed by atoms with van der Waals surface area (Å²) in [6, 6.07) is 7.79. The molecule has 0 aliphatic carbocycles. The number of carbonyl (C=O) groups is 1. The quantitative estimate of drug-likeness (QED) is 0.654. The van der Waals surface area contributed by atoms with Crippen LogP contribution in [0.2, 0.25) is 0 Å². The number of aliphatic hydroxyl groups is 1. The summed E-state index contributed by atoms with van der Waals surface area (Å²) >= 11 is 0. The van der Waals surface area contributed by atoms with Crippen molar-refractivity contribution in [2.45, 2.75) is 45.3 Å². The fourth-order valence-electron chi connectivity index (χ4n) is 3.55. The number of aromatic nitrogens is 2. The molecular formula is C21H27N4O3Y-. The van der Waals surface area contributed by atoms with Crippen molar-refractivity contribution >= 4 is 6.03 Å². The summed E-state index contributed by atoms with van der Waals surface area (Å²) in [5.74, 6) is 0. The maximum atomic E-state index is 12.4. The molecule has 1 aliphatic heterocycles. The van der Waals surface area contributed by atoms with Crippen molar-refractivity contribution in [2.75, 3.05) is 6.54 Å². The Labute approximate surface area is 196 Å². The third-order valence-corrected chi connectivity index (χ3v) is 5.26. The van der Waals surface area contributed by atoms with Gasteiger partial charge in [-0.3, -0.25) is 9.59 Å². The molecule has 29 heavy (non-hydrogen) atoms. The molecule has 8 heteroatoms. The van der Waals surface area contributed by atoms with Gasteiger partial charge in [0.25, 0.3) is 11.6 Å². The Kier molecular flexibility index (Phi) is 8.99. The minimum absolute atomic E-state index is 0. The van der Waals surface area contributed by atoms with Gasteiger partial charge in [0.15, 0.2) is 0 Å². The number of amides is 2. The van der Waals surface area contributed by atoms with E-state index in [0.29, 0.717) is 17.5 Å². The Balaban J connectivity index is 0.00000300. The van der Waals surface area contributed by atoms with Gasteiger partial charge in [0, 0.05) is 57.9 Å². The monoisotopic (exact) mass is 472 g/mol. The summed E-state index contributed by atoms with van der Waals surface area (Å²) < 4.78 is 1.26. The molecule has 1 atom stereocenters. The Morgan fingerprint density at radius 2 is 2.03 bits per heavy atom. The molecule has 0 bridgehead atoms. The summed E-state index contributed by atoms with van der Waals surface area (Å²) in [7, 11) is 1.59. The molecule has 2 amide bonds.